The lowest BCUT2D eigenvalue weighted by Gasteiger charge is -2.19. The van der Waals surface area contributed by atoms with Crippen LogP contribution in [0.2, 0.25) is 0 Å². The predicted octanol–water partition coefficient (Wildman–Crippen LogP) is 0.453. The third-order valence-electron chi connectivity index (χ3n) is 2.03. The molecule has 0 aliphatic rings. The number of hydrogen-bond acceptors (Lipinski definition) is 4. The van der Waals surface area contributed by atoms with Gasteiger partial charge in [-0.15, -0.1) is 0 Å². The van der Waals surface area contributed by atoms with E-state index in [4.69, 9.17) is 5.73 Å². The van der Waals surface area contributed by atoms with Crippen molar-refractivity contribution in [2.45, 2.75) is 18.4 Å². The zero-order valence-electron chi connectivity index (χ0n) is 8.15. The highest BCUT2D eigenvalue weighted by molar-refractivity contribution is 5.25. The summed E-state index contributed by atoms with van der Waals surface area (Å²) in [5.41, 5.74) is 3.37. The van der Waals surface area contributed by atoms with Crippen LogP contribution in [0.1, 0.15) is 17.4 Å². The molecule has 90 valence electrons. The van der Waals surface area contributed by atoms with Crippen molar-refractivity contribution in [1.29, 1.82) is 0 Å². The minimum Gasteiger partial charge on any atom is -0.389 e. The van der Waals surface area contributed by atoms with Crippen molar-refractivity contribution in [2.75, 3.05) is 6.54 Å². The van der Waals surface area contributed by atoms with Crippen LogP contribution in [0.4, 0.5) is 13.2 Å². The van der Waals surface area contributed by atoms with E-state index < -0.39 is 29.6 Å². The van der Waals surface area contributed by atoms with Crippen LogP contribution >= 0.6 is 0 Å². The summed E-state index contributed by atoms with van der Waals surface area (Å²) in [6.07, 6.45) is -6.86. The first kappa shape index (κ1) is 12.9. The molecule has 0 radical (unpaired) electrons. The summed E-state index contributed by atoms with van der Waals surface area (Å²) in [6, 6.07) is 2.30. The molecule has 16 heavy (non-hydrogen) atoms. The zero-order chi connectivity index (χ0) is 12.3. The number of nitrogens with zero attached hydrogens (tertiary/aromatic N) is 1. The van der Waals surface area contributed by atoms with E-state index in [0.29, 0.717) is 0 Å². The molecule has 0 aromatic carbocycles. The SMILES string of the molecule is NCC(O)C(O)c1cccnc1C(F)(F)F. The Kier molecular flexibility index (Phi) is 3.84. The van der Waals surface area contributed by atoms with E-state index in [1.807, 2.05) is 0 Å². The van der Waals surface area contributed by atoms with Gasteiger partial charge in [0.25, 0.3) is 0 Å². The lowest BCUT2D eigenvalue weighted by atomic mass is 10.0. The van der Waals surface area contributed by atoms with Crippen LogP contribution in [0.15, 0.2) is 18.3 Å². The number of alkyl halides is 3. The molecule has 4 N–H and O–H groups in total. The molecular weight excluding hydrogens is 225 g/mol. The van der Waals surface area contributed by atoms with Gasteiger partial charge in [0.05, 0.1) is 6.10 Å². The third kappa shape index (κ3) is 2.69. The first-order chi connectivity index (χ1) is 7.38. The fraction of sp³-hybridized carbons (Fsp3) is 0.444. The summed E-state index contributed by atoms with van der Waals surface area (Å²) >= 11 is 0. The van der Waals surface area contributed by atoms with Crippen LogP contribution < -0.4 is 5.73 Å². The molecule has 0 bridgehead atoms. The Hall–Kier alpha value is -1.18. The van der Waals surface area contributed by atoms with Crippen molar-refractivity contribution in [3.8, 4) is 0 Å². The molecule has 0 spiro atoms. The van der Waals surface area contributed by atoms with Gasteiger partial charge in [-0.1, -0.05) is 6.07 Å². The van der Waals surface area contributed by atoms with E-state index in [2.05, 4.69) is 4.98 Å². The molecule has 1 rings (SSSR count). The Labute approximate surface area is 89.5 Å². The number of aliphatic hydroxyl groups excluding tert-OH is 2. The molecule has 0 aliphatic heterocycles. The Bertz CT molecular complexity index is 357. The normalized spacial score (nSPS) is 15.9. The van der Waals surface area contributed by atoms with Gasteiger partial charge in [0.15, 0.2) is 0 Å². The molecule has 0 saturated carbocycles. The quantitative estimate of drug-likeness (QED) is 0.712. The molecule has 1 aromatic heterocycles. The van der Waals surface area contributed by atoms with Crippen LogP contribution in [0, 0.1) is 0 Å². The molecule has 0 saturated heterocycles. The highest BCUT2D eigenvalue weighted by atomic mass is 19.4. The maximum Gasteiger partial charge on any atom is 0.433 e. The third-order valence-corrected chi connectivity index (χ3v) is 2.03. The van der Waals surface area contributed by atoms with Crippen LogP contribution in [0.25, 0.3) is 0 Å². The number of pyridine rings is 1. The van der Waals surface area contributed by atoms with Crippen molar-refractivity contribution in [3.05, 3.63) is 29.6 Å². The standard InChI is InChI=1S/C9H11F3N2O2/c10-9(11,12)8-5(2-1-3-14-8)7(16)6(15)4-13/h1-3,6-7,15-16H,4,13H2. The van der Waals surface area contributed by atoms with Crippen molar-refractivity contribution in [1.82, 2.24) is 4.98 Å². The molecule has 7 heteroatoms. The van der Waals surface area contributed by atoms with E-state index >= 15 is 0 Å². The van der Waals surface area contributed by atoms with Crippen molar-refractivity contribution in [2.24, 2.45) is 5.73 Å². The van der Waals surface area contributed by atoms with Gasteiger partial charge in [0.2, 0.25) is 0 Å². The van der Waals surface area contributed by atoms with Gasteiger partial charge in [-0.3, -0.25) is 4.98 Å². The first-order valence-corrected chi connectivity index (χ1v) is 4.46. The largest absolute Gasteiger partial charge is 0.433 e. The Morgan fingerprint density at radius 2 is 2.00 bits per heavy atom. The van der Waals surface area contributed by atoms with E-state index in [1.54, 1.807) is 0 Å². The van der Waals surface area contributed by atoms with Gasteiger partial charge in [-0.25, -0.2) is 0 Å². The highest BCUT2D eigenvalue weighted by Gasteiger charge is 2.37. The van der Waals surface area contributed by atoms with Crippen molar-refractivity contribution < 1.29 is 23.4 Å². The van der Waals surface area contributed by atoms with Gasteiger partial charge in [0.1, 0.15) is 11.8 Å². The molecule has 2 unspecified atom stereocenters. The summed E-state index contributed by atoms with van der Waals surface area (Å²) in [4.78, 5) is 3.15. The van der Waals surface area contributed by atoms with E-state index in [-0.39, 0.29) is 6.54 Å². The van der Waals surface area contributed by atoms with Gasteiger partial charge in [0, 0.05) is 18.3 Å². The summed E-state index contributed by atoms with van der Waals surface area (Å²) in [7, 11) is 0. The Morgan fingerprint density at radius 1 is 1.38 bits per heavy atom. The molecule has 1 heterocycles. The highest BCUT2D eigenvalue weighted by Crippen LogP contribution is 2.33. The smallest absolute Gasteiger partial charge is 0.389 e. The number of nitrogens with two attached hydrogens (primary N) is 1. The summed E-state index contributed by atoms with van der Waals surface area (Å²) in [5, 5.41) is 18.7. The fourth-order valence-electron chi connectivity index (χ4n) is 1.23. The van der Waals surface area contributed by atoms with Crippen molar-refractivity contribution >= 4 is 0 Å². The molecule has 2 atom stereocenters. The maximum absolute atomic E-state index is 12.5. The lowest BCUT2D eigenvalue weighted by Crippen LogP contribution is -2.29. The fourth-order valence-corrected chi connectivity index (χ4v) is 1.23. The van der Waals surface area contributed by atoms with E-state index in [0.717, 1.165) is 12.3 Å². The van der Waals surface area contributed by atoms with Gasteiger partial charge in [-0.2, -0.15) is 13.2 Å². The van der Waals surface area contributed by atoms with Crippen LogP contribution in [-0.2, 0) is 6.18 Å². The lowest BCUT2D eigenvalue weighted by molar-refractivity contribution is -0.143. The van der Waals surface area contributed by atoms with E-state index in [1.165, 1.54) is 6.07 Å². The van der Waals surface area contributed by atoms with Gasteiger partial charge >= 0.3 is 6.18 Å². The van der Waals surface area contributed by atoms with Gasteiger partial charge < -0.3 is 15.9 Å². The molecule has 0 aliphatic carbocycles. The summed E-state index contributed by atoms with van der Waals surface area (Å²) < 4.78 is 37.5. The molecule has 0 fully saturated rings. The van der Waals surface area contributed by atoms with Crippen LogP contribution in [-0.4, -0.2) is 27.8 Å². The summed E-state index contributed by atoms with van der Waals surface area (Å²) in [5.74, 6) is 0. The molecule has 0 amide bonds. The van der Waals surface area contributed by atoms with Crippen molar-refractivity contribution in [3.63, 3.8) is 0 Å². The predicted molar refractivity (Wildman–Crippen MR) is 49.3 cm³/mol. The average Bonchev–Trinajstić information content (AvgIpc) is 2.26. The second kappa shape index (κ2) is 4.77. The number of rotatable bonds is 3. The molecule has 4 nitrogen and oxygen atoms in total. The zero-order valence-corrected chi connectivity index (χ0v) is 8.15. The Morgan fingerprint density at radius 3 is 2.50 bits per heavy atom. The van der Waals surface area contributed by atoms with Crippen LogP contribution in [0.3, 0.4) is 0 Å². The van der Waals surface area contributed by atoms with E-state index in [9.17, 15) is 23.4 Å². The Balaban J connectivity index is 3.13. The minimum atomic E-state index is -4.67. The number of aliphatic hydroxyl groups is 2. The minimum absolute atomic E-state index is 0.340. The number of hydrogen-bond donors (Lipinski definition) is 3. The maximum atomic E-state index is 12.5. The second-order valence-corrected chi connectivity index (χ2v) is 3.19. The molecule has 1 aromatic rings. The second-order valence-electron chi connectivity index (χ2n) is 3.19. The first-order valence-electron chi connectivity index (χ1n) is 4.46. The monoisotopic (exact) mass is 236 g/mol. The van der Waals surface area contributed by atoms with Gasteiger partial charge in [-0.05, 0) is 6.07 Å². The molecular formula is C9H11F3N2O2. The number of halogens is 3. The average molecular weight is 236 g/mol. The number of aromatic nitrogens is 1. The van der Waals surface area contributed by atoms with Crippen LogP contribution in [0.5, 0.6) is 0 Å². The summed E-state index contributed by atoms with van der Waals surface area (Å²) in [6.45, 7) is -0.340. The topological polar surface area (TPSA) is 79.4 Å².